The van der Waals surface area contributed by atoms with Crippen LogP contribution in [0.3, 0.4) is 0 Å². The second kappa shape index (κ2) is 11.5. The fourth-order valence-electron chi connectivity index (χ4n) is 4.82. The predicted molar refractivity (Wildman–Crippen MR) is 142 cm³/mol. The Bertz CT molecular complexity index is 1270. The molecule has 4 rings (SSSR count). The lowest BCUT2D eigenvalue weighted by molar-refractivity contribution is -0.160. The van der Waals surface area contributed by atoms with Gasteiger partial charge in [-0.25, -0.2) is 14.4 Å². The number of carbonyl (C=O) groups is 3. The van der Waals surface area contributed by atoms with E-state index < -0.39 is 23.5 Å². The number of benzene rings is 3. The average molecular weight is 517 g/mol. The molecule has 38 heavy (non-hydrogen) atoms. The van der Waals surface area contributed by atoms with Gasteiger partial charge in [-0.15, -0.1) is 0 Å². The van der Waals surface area contributed by atoms with E-state index >= 15 is 0 Å². The third kappa shape index (κ3) is 6.03. The summed E-state index contributed by atoms with van der Waals surface area (Å²) >= 11 is 0. The molecule has 0 radical (unpaired) electrons. The third-order valence-electron chi connectivity index (χ3n) is 6.79. The molecule has 1 aliphatic rings. The second-order valence-electron chi connectivity index (χ2n) is 10.0. The summed E-state index contributed by atoms with van der Waals surface area (Å²) in [4.78, 5) is 41.5. The van der Waals surface area contributed by atoms with Crippen molar-refractivity contribution in [2.45, 2.75) is 38.6 Å². The maximum absolute atomic E-state index is 12.6. The maximum atomic E-state index is 12.6. The van der Waals surface area contributed by atoms with E-state index in [4.69, 9.17) is 9.57 Å². The minimum absolute atomic E-state index is 0.0883. The van der Waals surface area contributed by atoms with Gasteiger partial charge in [0.25, 0.3) is 0 Å². The predicted octanol–water partition coefficient (Wildman–Crippen LogP) is 4.47. The Morgan fingerprint density at radius 3 is 2.00 bits per heavy atom. The van der Waals surface area contributed by atoms with Gasteiger partial charge in [-0.1, -0.05) is 72.8 Å². The highest BCUT2D eigenvalue weighted by molar-refractivity contribution is 5.81. The van der Waals surface area contributed by atoms with Gasteiger partial charge in [0.1, 0.15) is 12.6 Å². The normalized spacial score (nSPS) is 13.2. The van der Waals surface area contributed by atoms with Crippen LogP contribution in [0.15, 0.2) is 72.8 Å². The van der Waals surface area contributed by atoms with E-state index in [2.05, 4.69) is 22.9 Å². The molecular weight excluding hydrogens is 484 g/mol. The van der Waals surface area contributed by atoms with Crippen LogP contribution in [-0.2, 0) is 32.0 Å². The summed E-state index contributed by atoms with van der Waals surface area (Å²) in [7, 11) is 1.53. The largest absolute Gasteiger partial charge is 0.480 e. The van der Waals surface area contributed by atoms with E-state index in [1.165, 1.54) is 7.05 Å². The number of aliphatic carboxylic acids is 1. The van der Waals surface area contributed by atoms with Crippen molar-refractivity contribution in [1.82, 2.24) is 10.8 Å². The van der Waals surface area contributed by atoms with Crippen LogP contribution in [0.5, 0.6) is 0 Å². The summed E-state index contributed by atoms with van der Waals surface area (Å²) in [6, 6.07) is 22.1. The molecule has 1 aliphatic carbocycles. The first-order chi connectivity index (χ1) is 18.2. The zero-order valence-corrected chi connectivity index (χ0v) is 21.7. The van der Waals surface area contributed by atoms with Gasteiger partial charge < -0.3 is 20.0 Å². The molecule has 0 saturated heterocycles. The topological polar surface area (TPSA) is 114 Å². The Labute approximate surface area is 221 Å². The van der Waals surface area contributed by atoms with Crippen LogP contribution in [0.2, 0.25) is 0 Å². The zero-order chi connectivity index (χ0) is 27.3. The van der Waals surface area contributed by atoms with Crippen LogP contribution < -0.4 is 10.8 Å². The van der Waals surface area contributed by atoms with Crippen molar-refractivity contribution in [2.75, 3.05) is 13.7 Å². The quantitative estimate of drug-likeness (QED) is 0.341. The molecule has 1 atom stereocenters. The van der Waals surface area contributed by atoms with Gasteiger partial charge in [-0.2, -0.15) is 5.48 Å². The highest BCUT2D eigenvalue weighted by atomic mass is 16.7. The van der Waals surface area contributed by atoms with Crippen molar-refractivity contribution in [2.24, 2.45) is 5.41 Å². The first-order valence-electron chi connectivity index (χ1n) is 12.5. The molecule has 0 fully saturated rings. The SMILES string of the molecule is CNOC(=O)C(C)(C)Cc1ccc(C[C@H](NC(=O)OCC2c3ccccc3-c3ccccc32)C(=O)O)cc1. The minimum atomic E-state index is -1.15. The Balaban J connectivity index is 1.36. The summed E-state index contributed by atoms with van der Waals surface area (Å²) in [6.45, 7) is 3.69. The monoisotopic (exact) mass is 516 g/mol. The number of amides is 1. The van der Waals surface area contributed by atoms with Crippen molar-refractivity contribution in [3.05, 3.63) is 95.1 Å². The molecule has 0 heterocycles. The second-order valence-corrected chi connectivity index (χ2v) is 10.0. The van der Waals surface area contributed by atoms with E-state index in [9.17, 15) is 19.5 Å². The van der Waals surface area contributed by atoms with Crippen LogP contribution in [0, 0.1) is 5.41 Å². The number of carboxylic acids is 1. The molecule has 8 heteroatoms. The molecule has 0 unspecified atom stereocenters. The van der Waals surface area contributed by atoms with Crippen molar-refractivity contribution in [3.8, 4) is 11.1 Å². The lowest BCUT2D eigenvalue weighted by atomic mass is 9.85. The van der Waals surface area contributed by atoms with Gasteiger partial charge in [0.2, 0.25) is 0 Å². The number of hydrogen-bond donors (Lipinski definition) is 3. The number of fused-ring (bicyclic) bond motifs is 3. The molecule has 198 valence electrons. The van der Waals surface area contributed by atoms with Gasteiger partial charge in [0.15, 0.2) is 0 Å². The molecule has 0 spiro atoms. The number of ether oxygens (including phenoxy) is 1. The fourth-order valence-corrected chi connectivity index (χ4v) is 4.82. The highest BCUT2D eigenvalue weighted by Gasteiger charge is 2.31. The van der Waals surface area contributed by atoms with E-state index in [1.807, 2.05) is 48.5 Å². The van der Waals surface area contributed by atoms with Crippen LogP contribution >= 0.6 is 0 Å². The number of hydroxylamine groups is 1. The van der Waals surface area contributed by atoms with Gasteiger partial charge in [-0.05, 0) is 53.6 Å². The number of hydrogen-bond acceptors (Lipinski definition) is 6. The first-order valence-corrected chi connectivity index (χ1v) is 12.5. The summed E-state index contributed by atoms with van der Waals surface area (Å²) in [5.74, 6) is -1.64. The number of nitrogens with one attached hydrogen (secondary N) is 2. The molecule has 8 nitrogen and oxygen atoms in total. The van der Waals surface area contributed by atoms with Crippen molar-refractivity contribution in [3.63, 3.8) is 0 Å². The van der Waals surface area contributed by atoms with Crippen molar-refractivity contribution >= 4 is 18.0 Å². The Hall–Kier alpha value is -4.17. The molecule has 0 aliphatic heterocycles. The standard InChI is InChI=1S/C30H32N2O6/c1-30(2,28(35)38-31-3)17-20-14-12-19(13-15-20)16-26(27(33)34)32-29(36)37-18-25-23-10-6-4-8-21(23)22-9-5-7-11-24(22)25/h4-15,25-26,31H,16-18H2,1-3H3,(H,32,36)(H,33,34)/t26-/m0/s1. The van der Waals surface area contributed by atoms with Crippen LogP contribution in [0.25, 0.3) is 11.1 Å². The summed E-state index contributed by atoms with van der Waals surface area (Å²) < 4.78 is 5.51. The molecule has 0 aromatic heterocycles. The molecule has 0 bridgehead atoms. The molecule has 3 N–H and O–H groups in total. The van der Waals surface area contributed by atoms with E-state index in [0.717, 1.165) is 33.4 Å². The van der Waals surface area contributed by atoms with Crippen LogP contribution in [0.1, 0.15) is 42.0 Å². The minimum Gasteiger partial charge on any atom is -0.480 e. The zero-order valence-electron chi connectivity index (χ0n) is 21.7. The van der Waals surface area contributed by atoms with Gasteiger partial charge in [-0.3, -0.25) is 0 Å². The van der Waals surface area contributed by atoms with Gasteiger partial charge in [0, 0.05) is 19.4 Å². The Kier molecular flexibility index (Phi) is 8.12. The van der Waals surface area contributed by atoms with Crippen molar-refractivity contribution < 1.29 is 29.1 Å². The lowest BCUT2D eigenvalue weighted by Crippen LogP contribution is -2.42. The third-order valence-corrected chi connectivity index (χ3v) is 6.79. The first kappa shape index (κ1) is 26.9. The van der Waals surface area contributed by atoms with Gasteiger partial charge in [0.05, 0.1) is 5.41 Å². The van der Waals surface area contributed by atoms with Gasteiger partial charge >= 0.3 is 18.0 Å². The Morgan fingerprint density at radius 2 is 1.45 bits per heavy atom. The summed E-state index contributed by atoms with van der Waals surface area (Å²) in [5, 5.41) is 12.2. The molecule has 0 saturated carbocycles. The van der Waals surface area contributed by atoms with Crippen LogP contribution in [0.4, 0.5) is 4.79 Å². The Morgan fingerprint density at radius 1 is 0.895 bits per heavy atom. The van der Waals surface area contributed by atoms with E-state index in [-0.39, 0.29) is 24.9 Å². The maximum Gasteiger partial charge on any atom is 0.407 e. The number of carboxylic acid groups (broad SMARTS) is 1. The molecule has 3 aromatic carbocycles. The molecular formula is C30H32N2O6. The number of rotatable bonds is 10. The molecule has 1 amide bonds. The van der Waals surface area contributed by atoms with E-state index in [0.29, 0.717) is 6.42 Å². The van der Waals surface area contributed by atoms with Crippen LogP contribution in [-0.4, -0.2) is 42.8 Å². The van der Waals surface area contributed by atoms with E-state index in [1.54, 1.807) is 26.0 Å². The number of alkyl carbamates (subject to hydrolysis) is 1. The lowest BCUT2D eigenvalue weighted by Gasteiger charge is -2.22. The summed E-state index contributed by atoms with van der Waals surface area (Å²) in [6.07, 6.45) is -0.236. The van der Waals surface area contributed by atoms with Crippen molar-refractivity contribution in [1.29, 1.82) is 0 Å². The molecule has 3 aromatic rings. The number of carbonyl (C=O) groups excluding carboxylic acids is 2. The average Bonchev–Trinajstić information content (AvgIpc) is 3.22. The summed E-state index contributed by atoms with van der Waals surface area (Å²) in [5.41, 5.74) is 7.70. The smallest absolute Gasteiger partial charge is 0.407 e. The highest BCUT2D eigenvalue weighted by Crippen LogP contribution is 2.44. The fraction of sp³-hybridized carbons (Fsp3) is 0.300.